The molecule has 92 valence electrons. The van der Waals surface area contributed by atoms with E-state index in [0.29, 0.717) is 17.1 Å². The van der Waals surface area contributed by atoms with Crippen LogP contribution < -0.4 is 9.47 Å². The molecule has 2 aromatic rings. The highest BCUT2D eigenvalue weighted by molar-refractivity contribution is 7.14. The van der Waals surface area contributed by atoms with E-state index >= 15 is 0 Å². The van der Waals surface area contributed by atoms with Crippen molar-refractivity contribution in [2.45, 2.75) is 13.8 Å². The Morgan fingerprint density at radius 1 is 1.17 bits per heavy atom. The van der Waals surface area contributed by atoms with Gasteiger partial charge in [-0.15, -0.1) is 11.3 Å². The lowest BCUT2D eigenvalue weighted by atomic mass is 10.2. The molecule has 0 aliphatic rings. The molecule has 0 amide bonds. The third-order valence-corrected chi connectivity index (χ3v) is 3.52. The summed E-state index contributed by atoms with van der Waals surface area (Å²) in [5, 5.41) is 9.70. The van der Waals surface area contributed by atoms with Gasteiger partial charge in [0.15, 0.2) is 16.6 Å². The number of hydrogen-bond acceptors (Lipinski definition) is 4. The van der Waals surface area contributed by atoms with Crippen LogP contribution in [0.25, 0.3) is 0 Å². The van der Waals surface area contributed by atoms with Crippen molar-refractivity contribution in [3.63, 3.8) is 0 Å². The fourth-order valence-corrected chi connectivity index (χ4v) is 2.52. The number of hydrogen-bond donors (Lipinski definition) is 0. The monoisotopic (exact) mass is 259 g/mol. The van der Waals surface area contributed by atoms with Crippen molar-refractivity contribution < 1.29 is 9.47 Å². The van der Waals surface area contributed by atoms with Crippen LogP contribution in [-0.4, -0.2) is 7.11 Å². The van der Waals surface area contributed by atoms with Gasteiger partial charge in [0.2, 0.25) is 0 Å². The summed E-state index contributed by atoms with van der Waals surface area (Å²) in [4.78, 5) is 1.20. The SMILES string of the molecule is COc1cc(C#N)ccc1Oc1sc(C)cc1C. The van der Waals surface area contributed by atoms with Crippen LogP contribution in [0.4, 0.5) is 0 Å². The van der Waals surface area contributed by atoms with E-state index in [4.69, 9.17) is 14.7 Å². The summed E-state index contributed by atoms with van der Waals surface area (Å²) in [6.07, 6.45) is 0. The molecule has 0 atom stereocenters. The van der Waals surface area contributed by atoms with Crippen LogP contribution in [-0.2, 0) is 0 Å². The molecule has 0 aliphatic heterocycles. The first-order valence-corrected chi connectivity index (χ1v) is 6.28. The molecule has 1 heterocycles. The zero-order valence-electron chi connectivity index (χ0n) is 10.5. The molecule has 0 saturated heterocycles. The molecule has 3 nitrogen and oxygen atoms in total. The molecule has 1 aromatic heterocycles. The van der Waals surface area contributed by atoms with Gasteiger partial charge in [0, 0.05) is 16.5 Å². The van der Waals surface area contributed by atoms with E-state index in [1.54, 1.807) is 36.6 Å². The van der Waals surface area contributed by atoms with Gasteiger partial charge in [-0.1, -0.05) is 0 Å². The number of methoxy groups -OCH3 is 1. The zero-order chi connectivity index (χ0) is 13.1. The highest BCUT2D eigenvalue weighted by Gasteiger charge is 2.10. The number of ether oxygens (including phenoxy) is 2. The lowest BCUT2D eigenvalue weighted by Crippen LogP contribution is -1.90. The van der Waals surface area contributed by atoms with Crippen molar-refractivity contribution in [3.05, 3.63) is 40.3 Å². The molecule has 2 rings (SSSR count). The predicted octanol–water partition coefficient (Wildman–Crippen LogP) is 4.04. The Morgan fingerprint density at radius 2 is 1.94 bits per heavy atom. The minimum Gasteiger partial charge on any atom is -0.493 e. The first-order valence-electron chi connectivity index (χ1n) is 5.47. The predicted molar refractivity (Wildman–Crippen MR) is 71.6 cm³/mol. The molecule has 0 aliphatic carbocycles. The average Bonchev–Trinajstić information content (AvgIpc) is 2.68. The topological polar surface area (TPSA) is 42.2 Å². The summed E-state index contributed by atoms with van der Waals surface area (Å²) in [5.41, 5.74) is 1.65. The molecular weight excluding hydrogens is 246 g/mol. The summed E-state index contributed by atoms with van der Waals surface area (Å²) < 4.78 is 11.1. The molecule has 4 heteroatoms. The number of nitriles is 1. The molecular formula is C14H13NO2S. The number of aryl methyl sites for hydroxylation is 2. The van der Waals surface area contributed by atoms with Gasteiger partial charge in [-0.3, -0.25) is 0 Å². The van der Waals surface area contributed by atoms with Gasteiger partial charge in [0.1, 0.15) is 0 Å². The number of rotatable bonds is 3. The summed E-state index contributed by atoms with van der Waals surface area (Å²) in [6.45, 7) is 4.05. The summed E-state index contributed by atoms with van der Waals surface area (Å²) >= 11 is 1.60. The summed E-state index contributed by atoms with van der Waals surface area (Å²) in [6, 6.07) is 9.30. The zero-order valence-corrected chi connectivity index (χ0v) is 11.3. The largest absolute Gasteiger partial charge is 0.493 e. The van der Waals surface area contributed by atoms with Crippen LogP contribution in [0.15, 0.2) is 24.3 Å². The fourth-order valence-electron chi connectivity index (χ4n) is 1.64. The molecule has 0 spiro atoms. The van der Waals surface area contributed by atoms with Crippen molar-refractivity contribution >= 4 is 11.3 Å². The molecule has 1 aromatic carbocycles. The third kappa shape index (κ3) is 2.47. The van der Waals surface area contributed by atoms with Crippen molar-refractivity contribution in [2.75, 3.05) is 7.11 Å². The third-order valence-electron chi connectivity index (χ3n) is 2.49. The second kappa shape index (κ2) is 5.11. The Bertz CT molecular complexity index is 611. The minimum atomic E-state index is 0.554. The first-order chi connectivity index (χ1) is 8.63. The van der Waals surface area contributed by atoms with E-state index in [0.717, 1.165) is 10.6 Å². The van der Waals surface area contributed by atoms with E-state index in [1.165, 1.54) is 4.88 Å². The molecule has 0 saturated carbocycles. The number of benzene rings is 1. The Morgan fingerprint density at radius 3 is 2.50 bits per heavy atom. The van der Waals surface area contributed by atoms with Gasteiger partial charge in [-0.25, -0.2) is 0 Å². The van der Waals surface area contributed by atoms with Crippen LogP contribution in [0.1, 0.15) is 16.0 Å². The van der Waals surface area contributed by atoms with Gasteiger partial charge in [-0.2, -0.15) is 5.26 Å². The Labute approximate surface area is 110 Å². The first kappa shape index (κ1) is 12.5. The molecule has 18 heavy (non-hydrogen) atoms. The van der Waals surface area contributed by atoms with E-state index in [-0.39, 0.29) is 0 Å². The maximum atomic E-state index is 8.84. The van der Waals surface area contributed by atoms with Crippen molar-refractivity contribution in [2.24, 2.45) is 0 Å². The van der Waals surface area contributed by atoms with Crippen LogP contribution in [0, 0.1) is 25.2 Å². The van der Waals surface area contributed by atoms with Crippen molar-refractivity contribution in [1.82, 2.24) is 0 Å². The van der Waals surface area contributed by atoms with E-state index in [2.05, 4.69) is 12.1 Å². The maximum absolute atomic E-state index is 8.84. The van der Waals surface area contributed by atoms with E-state index in [9.17, 15) is 0 Å². The molecule has 0 unspecified atom stereocenters. The van der Waals surface area contributed by atoms with Gasteiger partial charge < -0.3 is 9.47 Å². The minimum absolute atomic E-state index is 0.554. The lowest BCUT2D eigenvalue weighted by molar-refractivity contribution is 0.381. The molecule has 0 N–H and O–H groups in total. The Balaban J connectivity index is 2.34. The number of nitrogens with zero attached hydrogens (tertiary/aromatic N) is 1. The van der Waals surface area contributed by atoms with Gasteiger partial charge in [0.05, 0.1) is 18.7 Å². The van der Waals surface area contributed by atoms with Crippen molar-refractivity contribution in [1.29, 1.82) is 5.26 Å². The van der Waals surface area contributed by atoms with Crippen LogP contribution >= 0.6 is 11.3 Å². The van der Waals surface area contributed by atoms with Crippen LogP contribution in [0.2, 0.25) is 0 Å². The second-order valence-electron chi connectivity index (χ2n) is 3.91. The van der Waals surface area contributed by atoms with Gasteiger partial charge >= 0.3 is 0 Å². The summed E-state index contributed by atoms with van der Waals surface area (Å²) in [7, 11) is 1.57. The van der Waals surface area contributed by atoms with Gasteiger partial charge in [-0.05, 0) is 32.0 Å². The molecule has 0 bridgehead atoms. The lowest BCUT2D eigenvalue weighted by Gasteiger charge is -2.09. The van der Waals surface area contributed by atoms with E-state index in [1.807, 2.05) is 13.8 Å². The van der Waals surface area contributed by atoms with Crippen molar-refractivity contribution in [3.8, 4) is 22.6 Å². The van der Waals surface area contributed by atoms with Gasteiger partial charge in [0.25, 0.3) is 0 Å². The highest BCUT2D eigenvalue weighted by Crippen LogP contribution is 2.37. The number of thiophene rings is 1. The van der Waals surface area contributed by atoms with Crippen LogP contribution in [0.5, 0.6) is 16.6 Å². The highest BCUT2D eigenvalue weighted by atomic mass is 32.1. The second-order valence-corrected chi connectivity index (χ2v) is 5.13. The molecule has 0 fully saturated rings. The Hall–Kier alpha value is -1.99. The maximum Gasteiger partial charge on any atom is 0.184 e. The quantitative estimate of drug-likeness (QED) is 0.835. The normalized spacial score (nSPS) is 9.89. The standard InChI is InChI=1S/C14H13NO2S/c1-9-6-10(2)18-14(9)17-12-5-4-11(8-15)7-13(12)16-3/h4-7H,1-3H3. The average molecular weight is 259 g/mol. The van der Waals surface area contributed by atoms with E-state index < -0.39 is 0 Å². The molecule has 0 radical (unpaired) electrons. The van der Waals surface area contributed by atoms with Crippen LogP contribution in [0.3, 0.4) is 0 Å². The fraction of sp³-hybridized carbons (Fsp3) is 0.214. The smallest absolute Gasteiger partial charge is 0.184 e. The Kier molecular flexibility index (Phi) is 3.54. The summed E-state index contributed by atoms with van der Waals surface area (Å²) in [5.74, 6) is 1.20.